The van der Waals surface area contributed by atoms with Crippen LogP contribution in [0.2, 0.25) is 0 Å². The van der Waals surface area contributed by atoms with Gasteiger partial charge >= 0.3 is 0 Å². The number of benzene rings is 3. The van der Waals surface area contributed by atoms with Crippen LogP contribution < -0.4 is 0 Å². The SMILES string of the molecule is O=C1CCC2(Cc3ccccc3)CN(S(=O)(=O)c3cccc4ccccc34)CCC2C1. The fourth-order valence-electron chi connectivity index (χ4n) is 5.59. The summed E-state index contributed by atoms with van der Waals surface area (Å²) >= 11 is 0. The number of Topliss-reactive ketones (excluding diaryl/α,β-unsaturated/α-hetero) is 1. The molecule has 0 radical (unpaired) electrons. The first-order valence-corrected chi connectivity index (χ1v) is 12.5. The highest BCUT2D eigenvalue weighted by atomic mass is 32.2. The van der Waals surface area contributed by atoms with Gasteiger partial charge in [0.05, 0.1) is 4.90 Å². The molecule has 2 unspecified atom stereocenters. The third-order valence-electron chi connectivity index (χ3n) is 7.23. The van der Waals surface area contributed by atoms with Gasteiger partial charge < -0.3 is 0 Å². The Balaban J connectivity index is 1.52. The fraction of sp³-hybridized carbons (Fsp3) is 0.346. The maximum Gasteiger partial charge on any atom is 0.243 e. The highest BCUT2D eigenvalue weighted by Crippen LogP contribution is 2.48. The van der Waals surface area contributed by atoms with Crippen LogP contribution in [0.3, 0.4) is 0 Å². The molecule has 1 saturated heterocycles. The lowest BCUT2D eigenvalue weighted by atomic mass is 9.60. The summed E-state index contributed by atoms with van der Waals surface area (Å²) in [6.07, 6.45) is 3.43. The van der Waals surface area contributed by atoms with Crippen LogP contribution in [0.15, 0.2) is 77.7 Å². The second-order valence-electron chi connectivity index (χ2n) is 9.07. The van der Waals surface area contributed by atoms with Gasteiger partial charge in [0.15, 0.2) is 0 Å². The van der Waals surface area contributed by atoms with Crippen molar-refractivity contribution in [3.05, 3.63) is 78.4 Å². The summed E-state index contributed by atoms with van der Waals surface area (Å²) in [6, 6.07) is 23.4. The zero-order valence-corrected chi connectivity index (χ0v) is 18.4. The van der Waals surface area contributed by atoms with E-state index in [1.165, 1.54) is 5.56 Å². The minimum atomic E-state index is -3.63. The maximum absolute atomic E-state index is 13.8. The van der Waals surface area contributed by atoms with Crippen molar-refractivity contribution < 1.29 is 13.2 Å². The van der Waals surface area contributed by atoms with Crippen molar-refractivity contribution in [3.63, 3.8) is 0 Å². The second-order valence-corrected chi connectivity index (χ2v) is 11.0. The number of hydrogen-bond donors (Lipinski definition) is 0. The molecule has 31 heavy (non-hydrogen) atoms. The van der Waals surface area contributed by atoms with Crippen molar-refractivity contribution in [3.8, 4) is 0 Å². The van der Waals surface area contributed by atoms with Crippen LogP contribution in [0.25, 0.3) is 10.8 Å². The first-order valence-electron chi connectivity index (χ1n) is 11.0. The van der Waals surface area contributed by atoms with Crippen molar-refractivity contribution in [2.45, 2.75) is 37.0 Å². The normalized spacial score (nSPS) is 24.8. The number of ketones is 1. The number of hydrogen-bond acceptors (Lipinski definition) is 3. The van der Waals surface area contributed by atoms with Gasteiger partial charge in [-0.25, -0.2) is 8.42 Å². The lowest BCUT2D eigenvalue weighted by molar-refractivity contribution is -0.126. The monoisotopic (exact) mass is 433 g/mol. The molecule has 0 N–H and O–H groups in total. The van der Waals surface area contributed by atoms with E-state index in [0.717, 1.165) is 30.0 Å². The number of piperidine rings is 1. The molecule has 1 saturated carbocycles. The number of carbonyl (C=O) groups excluding carboxylic acids is 1. The second kappa shape index (κ2) is 7.88. The maximum atomic E-state index is 13.8. The van der Waals surface area contributed by atoms with Crippen LogP contribution in [-0.4, -0.2) is 31.6 Å². The van der Waals surface area contributed by atoms with Gasteiger partial charge in [-0.05, 0) is 47.6 Å². The number of rotatable bonds is 4. The first kappa shape index (κ1) is 20.4. The van der Waals surface area contributed by atoms with E-state index < -0.39 is 10.0 Å². The Kier molecular flexibility index (Phi) is 5.19. The van der Waals surface area contributed by atoms with Crippen LogP contribution in [0.5, 0.6) is 0 Å². The number of nitrogens with zero attached hydrogens (tertiary/aromatic N) is 1. The van der Waals surface area contributed by atoms with Gasteiger partial charge in [-0.3, -0.25) is 4.79 Å². The molecule has 5 heteroatoms. The molecular formula is C26H27NO3S. The van der Waals surface area contributed by atoms with E-state index in [2.05, 4.69) is 12.1 Å². The van der Waals surface area contributed by atoms with Crippen molar-refractivity contribution in [2.24, 2.45) is 11.3 Å². The minimum absolute atomic E-state index is 0.189. The summed E-state index contributed by atoms with van der Waals surface area (Å²) in [5, 5.41) is 1.70. The fourth-order valence-corrected chi connectivity index (χ4v) is 7.35. The van der Waals surface area contributed by atoms with Gasteiger partial charge in [0.1, 0.15) is 5.78 Å². The molecule has 4 nitrogen and oxygen atoms in total. The summed E-state index contributed by atoms with van der Waals surface area (Å²) in [5.74, 6) is 0.562. The summed E-state index contributed by atoms with van der Waals surface area (Å²) in [6.45, 7) is 0.950. The Morgan fingerprint density at radius 3 is 2.52 bits per heavy atom. The molecule has 5 rings (SSSR count). The highest BCUT2D eigenvalue weighted by molar-refractivity contribution is 7.89. The summed E-state index contributed by atoms with van der Waals surface area (Å²) in [7, 11) is -3.63. The van der Waals surface area contributed by atoms with Crippen molar-refractivity contribution in [1.29, 1.82) is 0 Å². The molecular weight excluding hydrogens is 406 g/mol. The lowest BCUT2D eigenvalue weighted by Gasteiger charge is -2.50. The summed E-state index contributed by atoms with van der Waals surface area (Å²) < 4.78 is 29.3. The molecule has 1 aliphatic carbocycles. The van der Waals surface area contributed by atoms with Gasteiger partial charge in [-0.1, -0.05) is 66.7 Å². The number of fused-ring (bicyclic) bond motifs is 2. The van der Waals surface area contributed by atoms with Gasteiger partial charge in [0, 0.05) is 31.3 Å². The van der Waals surface area contributed by atoms with Crippen molar-refractivity contribution in [1.82, 2.24) is 4.31 Å². The van der Waals surface area contributed by atoms with Crippen molar-refractivity contribution >= 4 is 26.6 Å². The molecule has 0 bridgehead atoms. The number of carbonyl (C=O) groups is 1. The Hall–Kier alpha value is -2.50. The highest BCUT2D eigenvalue weighted by Gasteiger charge is 2.49. The molecule has 2 fully saturated rings. The molecule has 0 amide bonds. The van der Waals surface area contributed by atoms with Gasteiger partial charge in [-0.15, -0.1) is 0 Å². The zero-order valence-electron chi connectivity index (χ0n) is 17.5. The molecule has 160 valence electrons. The molecule has 2 aliphatic rings. The lowest BCUT2D eigenvalue weighted by Crippen LogP contribution is -2.54. The van der Waals surface area contributed by atoms with E-state index in [1.54, 1.807) is 10.4 Å². The zero-order chi connectivity index (χ0) is 21.5. The van der Waals surface area contributed by atoms with Crippen molar-refractivity contribution in [2.75, 3.05) is 13.1 Å². The van der Waals surface area contributed by atoms with E-state index in [-0.39, 0.29) is 11.3 Å². The quantitative estimate of drug-likeness (QED) is 0.592. The summed E-state index contributed by atoms with van der Waals surface area (Å²) in [5.41, 5.74) is 1.02. The molecule has 1 heterocycles. The first-order chi connectivity index (χ1) is 15.0. The smallest absolute Gasteiger partial charge is 0.243 e. The predicted molar refractivity (Wildman–Crippen MR) is 122 cm³/mol. The van der Waals surface area contributed by atoms with Crippen LogP contribution in [0.4, 0.5) is 0 Å². The van der Waals surface area contributed by atoms with E-state index in [0.29, 0.717) is 36.6 Å². The van der Waals surface area contributed by atoms with Crippen LogP contribution in [-0.2, 0) is 21.2 Å². The average Bonchev–Trinajstić information content (AvgIpc) is 2.79. The number of sulfonamides is 1. The van der Waals surface area contributed by atoms with Crippen LogP contribution in [0, 0.1) is 11.3 Å². The van der Waals surface area contributed by atoms with E-state index in [4.69, 9.17) is 0 Å². The van der Waals surface area contributed by atoms with Crippen LogP contribution in [0.1, 0.15) is 31.2 Å². The molecule has 1 aliphatic heterocycles. The van der Waals surface area contributed by atoms with E-state index in [1.807, 2.05) is 54.6 Å². The van der Waals surface area contributed by atoms with Crippen LogP contribution >= 0.6 is 0 Å². The molecule has 0 aromatic heterocycles. The third-order valence-corrected chi connectivity index (χ3v) is 9.13. The minimum Gasteiger partial charge on any atom is -0.300 e. The predicted octanol–water partition coefficient (Wildman–Crippen LogP) is 4.83. The van der Waals surface area contributed by atoms with Gasteiger partial charge in [0.2, 0.25) is 10.0 Å². The third kappa shape index (κ3) is 3.70. The Labute approximate surface area is 183 Å². The topological polar surface area (TPSA) is 54.5 Å². The molecule has 3 aromatic carbocycles. The van der Waals surface area contributed by atoms with Gasteiger partial charge in [0.25, 0.3) is 0 Å². The summed E-state index contributed by atoms with van der Waals surface area (Å²) in [4.78, 5) is 12.6. The molecule has 3 aromatic rings. The Morgan fingerprint density at radius 1 is 0.935 bits per heavy atom. The molecule has 0 spiro atoms. The standard InChI is InChI=1S/C26H27NO3S/c28-23-13-15-26(18-20-7-2-1-3-8-20)19-27(16-14-22(26)17-23)31(29,30)25-12-6-10-21-9-4-5-11-24(21)25/h1-12,22H,13-19H2. The largest absolute Gasteiger partial charge is 0.300 e. The Bertz CT molecular complexity index is 1220. The van der Waals surface area contributed by atoms with Gasteiger partial charge in [-0.2, -0.15) is 4.31 Å². The average molecular weight is 434 g/mol. The Morgan fingerprint density at radius 2 is 1.68 bits per heavy atom. The van der Waals surface area contributed by atoms with E-state index in [9.17, 15) is 13.2 Å². The van der Waals surface area contributed by atoms with E-state index >= 15 is 0 Å². The molecule has 2 atom stereocenters.